The molecule has 3 rings (SSSR count). The van der Waals surface area contributed by atoms with Gasteiger partial charge in [-0.05, 0) is 43.7 Å². The zero-order valence-electron chi connectivity index (χ0n) is 12.5. The van der Waals surface area contributed by atoms with Crippen molar-refractivity contribution in [2.24, 2.45) is 10.2 Å². The Labute approximate surface area is 137 Å². The zero-order valence-corrected chi connectivity index (χ0v) is 13.2. The number of benzene rings is 1. The lowest BCUT2D eigenvalue weighted by atomic mass is 10.1. The number of fused-ring (bicyclic) bond motifs is 1. The van der Waals surface area contributed by atoms with E-state index in [2.05, 4.69) is 15.2 Å². The molecule has 1 aromatic carbocycles. The van der Waals surface area contributed by atoms with E-state index in [1.165, 1.54) is 12.1 Å². The van der Waals surface area contributed by atoms with E-state index in [-0.39, 0.29) is 5.56 Å². The second-order valence-electron chi connectivity index (χ2n) is 5.10. The molecule has 6 nitrogen and oxygen atoms in total. The normalized spacial score (nSPS) is 11.4. The van der Waals surface area contributed by atoms with Gasteiger partial charge in [0.25, 0.3) is 0 Å². The quantitative estimate of drug-likeness (QED) is 0.706. The van der Waals surface area contributed by atoms with E-state index >= 15 is 0 Å². The molecule has 116 valence electrons. The molecule has 2 heterocycles. The first-order chi connectivity index (χ1) is 11.0. The van der Waals surface area contributed by atoms with E-state index in [1.54, 1.807) is 28.8 Å². The molecule has 0 saturated carbocycles. The Balaban J connectivity index is 2.07. The van der Waals surface area contributed by atoms with Crippen LogP contribution in [0.4, 0.5) is 11.5 Å². The summed E-state index contributed by atoms with van der Waals surface area (Å²) >= 11 is 6.01. The van der Waals surface area contributed by atoms with Crippen molar-refractivity contribution in [3.63, 3.8) is 0 Å². The minimum Gasteiger partial charge on any atom is -0.478 e. The number of rotatable bonds is 3. The van der Waals surface area contributed by atoms with Crippen LogP contribution >= 0.6 is 11.6 Å². The first-order valence-electron chi connectivity index (χ1n) is 6.85. The molecule has 0 amide bonds. The first kappa shape index (κ1) is 15.2. The highest BCUT2D eigenvalue weighted by atomic mass is 35.5. The third-order valence-electron chi connectivity index (χ3n) is 3.43. The lowest BCUT2D eigenvalue weighted by Gasteiger charge is -2.01. The van der Waals surface area contributed by atoms with Gasteiger partial charge < -0.3 is 5.11 Å². The summed E-state index contributed by atoms with van der Waals surface area (Å²) in [6.45, 7) is 3.67. The van der Waals surface area contributed by atoms with Crippen LogP contribution in [0, 0.1) is 13.8 Å². The van der Waals surface area contributed by atoms with Crippen LogP contribution in [0.3, 0.4) is 0 Å². The molecule has 1 N–H and O–H groups in total. The van der Waals surface area contributed by atoms with E-state index in [9.17, 15) is 4.79 Å². The summed E-state index contributed by atoms with van der Waals surface area (Å²) in [5.74, 6) is -0.443. The molecule has 0 aliphatic rings. The molecule has 0 fully saturated rings. The maximum atomic E-state index is 11.1. The SMILES string of the molecule is Cc1ccc(C(=O)O)cc1N=Nc1c(C)nc2ccc(Cl)cn12. The summed E-state index contributed by atoms with van der Waals surface area (Å²) in [4.78, 5) is 15.5. The molecule has 0 atom stereocenters. The molecule has 0 spiro atoms. The van der Waals surface area contributed by atoms with Crippen LogP contribution in [0.5, 0.6) is 0 Å². The Kier molecular flexibility index (Phi) is 3.83. The predicted molar refractivity (Wildman–Crippen MR) is 87.3 cm³/mol. The fourth-order valence-corrected chi connectivity index (χ4v) is 2.36. The number of carboxylic acids is 1. The van der Waals surface area contributed by atoms with Gasteiger partial charge in [-0.2, -0.15) is 0 Å². The highest BCUT2D eigenvalue weighted by molar-refractivity contribution is 6.30. The van der Waals surface area contributed by atoms with Crippen molar-refractivity contribution in [2.45, 2.75) is 13.8 Å². The van der Waals surface area contributed by atoms with Crippen molar-refractivity contribution in [1.29, 1.82) is 0 Å². The lowest BCUT2D eigenvalue weighted by Crippen LogP contribution is -1.95. The molecule has 0 radical (unpaired) electrons. The van der Waals surface area contributed by atoms with Crippen LogP contribution < -0.4 is 0 Å². The minimum absolute atomic E-state index is 0.169. The average Bonchev–Trinajstić information content (AvgIpc) is 2.81. The van der Waals surface area contributed by atoms with E-state index in [1.807, 2.05) is 13.8 Å². The highest BCUT2D eigenvalue weighted by Gasteiger charge is 2.09. The van der Waals surface area contributed by atoms with Gasteiger partial charge >= 0.3 is 5.97 Å². The lowest BCUT2D eigenvalue weighted by molar-refractivity contribution is 0.0697. The summed E-state index contributed by atoms with van der Waals surface area (Å²) < 4.78 is 1.75. The average molecular weight is 329 g/mol. The number of azo groups is 1. The second kappa shape index (κ2) is 5.81. The molecule has 23 heavy (non-hydrogen) atoms. The maximum absolute atomic E-state index is 11.1. The fraction of sp³-hybridized carbons (Fsp3) is 0.125. The van der Waals surface area contributed by atoms with E-state index < -0.39 is 5.97 Å². The van der Waals surface area contributed by atoms with Gasteiger partial charge in [0, 0.05) is 6.20 Å². The van der Waals surface area contributed by atoms with Crippen molar-refractivity contribution < 1.29 is 9.90 Å². The minimum atomic E-state index is -1.00. The Morgan fingerprint density at radius 3 is 2.74 bits per heavy atom. The Morgan fingerprint density at radius 1 is 1.22 bits per heavy atom. The number of hydrogen-bond donors (Lipinski definition) is 1. The maximum Gasteiger partial charge on any atom is 0.335 e. The number of carboxylic acid groups (broad SMARTS) is 1. The smallest absolute Gasteiger partial charge is 0.335 e. The van der Waals surface area contributed by atoms with Gasteiger partial charge in [-0.3, -0.25) is 4.40 Å². The monoisotopic (exact) mass is 328 g/mol. The number of nitrogens with zero attached hydrogens (tertiary/aromatic N) is 4. The third kappa shape index (κ3) is 2.93. The Morgan fingerprint density at radius 2 is 2.00 bits per heavy atom. The van der Waals surface area contributed by atoms with Gasteiger partial charge in [-0.1, -0.05) is 17.7 Å². The van der Waals surface area contributed by atoms with Gasteiger partial charge in [-0.15, -0.1) is 10.2 Å². The van der Waals surface area contributed by atoms with Crippen molar-refractivity contribution in [2.75, 3.05) is 0 Å². The van der Waals surface area contributed by atoms with Gasteiger partial charge in [0.15, 0.2) is 5.82 Å². The molecule has 2 aromatic heterocycles. The van der Waals surface area contributed by atoms with Crippen LogP contribution in [-0.2, 0) is 0 Å². The van der Waals surface area contributed by atoms with Crippen molar-refractivity contribution in [1.82, 2.24) is 9.38 Å². The molecule has 0 saturated heterocycles. The van der Waals surface area contributed by atoms with Crippen molar-refractivity contribution in [3.05, 3.63) is 58.4 Å². The Bertz CT molecular complexity index is 947. The Hall–Kier alpha value is -2.73. The topological polar surface area (TPSA) is 79.3 Å². The number of halogens is 1. The molecular weight excluding hydrogens is 316 g/mol. The largest absolute Gasteiger partial charge is 0.478 e. The van der Waals surface area contributed by atoms with E-state index in [0.717, 1.165) is 11.2 Å². The number of hydrogen-bond acceptors (Lipinski definition) is 4. The van der Waals surface area contributed by atoms with Crippen molar-refractivity contribution >= 4 is 34.7 Å². The molecule has 0 aliphatic heterocycles. The number of aromatic nitrogens is 2. The van der Waals surface area contributed by atoms with Crippen molar-refractivity contribution in [3.8, 4) is 0 Å². The standard InChI is InChI=1S/C16H13ClN4O2/c1-9-3-4-11(16(22)23)7-13(9)19-20-15-10(2)18-14-6-5-12(17)8-21(14)15/h3-8H,1-2H3,(H,22,23). The summed E-state index contributed by atoms with van der Waals surface area (Å²) in [7, 11) is 0. The molecule has 0 bridgehead atoms. The zero-order chi connectivity index (χ0) is 16.6. The third-order valence-corrected chi connectivity index (χ3v) is 3.66. The summed E-state index contributed by atoms with van der Waals surface area (Å²) in [6, 6.07) is 8.29. The molecule has 7 heteroatoms. The van der Waals surface area contributed by atoms with Gasteiger partial charge in [-0.25, -0.2) is 9.78 Å². The van der Waals surface area contributed by atoms with E-state index in [4.69, 9.17) is 16.7 Å². The predicted octanol–water partition coefficient (Wildman–Crippen LogP) is 4.72. The highest BCUT2D eigenvalue weighted by Crippen LogP contribution is 2.27. The second-order valence-corrected chi connectivity index (χ2v) is 5.54. The van der Waals surface area contributed by atoms with E-state index in [0.29, 0.717) is 22.2 Å². The first-order valence-corrected chi connectivity index (χ1v) is 7.23. The van der Waals surface area contributed by atoms with Gasteiger partial charge in [0.05, 0.1) is 22.0 Å². The molecule has 0 aliphatic carbocycles. The summed E-state index contributed by atoms with van der Waals surface area (Å²) in [5, 5.41) is 18.1. The number of aromatic carboxylic acids is 1. The van der Waals surface area contributed by atoms with Crippen LogP contribution in [0.15, 0.2) is 46.8 Å². The number of carbonyl (C=O) groups is 1. The summed E-state index contributed by atoms with van der Waals surface area (Å²) in [5.41, 5.74) is 2.94. The number of imidazole rings is 1. The number of pyridine rings is 1. The molecule has 3 aromatic rings. The molecular formula is C16H13ClN4O2. The van der Waals surface area contributed by atoms with Crippen LogP contribution in [-0.4, -0.2) is 20.5 Å². The van der Waals surface area contributed by atoms with Gasteiger partial charge in [0.1, 0.15) is 5.65 Å². The van der Waals surface area contributed by atoms with Crippen LogP contribution in [0.1, 0.15) is 21.6 Å². The van der Waals surface area contributed by atoms with Crippen LogP contribution in [0.25, 0.3) is 5.65 Å². The van der Waals surface area contributed by atoms with Gasteiger partial charge in [0.2, 0.25) is 0 Å². The van der Waals surface area contributed by atoms with Crippen LogP contribution in [0.2, 0.25) is 5.02 Å². The fourth-order valence-electron chi connectivity index (χ4n) is 2.20. The summed E-state index contributed by atoms with van der Waals surface area (Å²) in [6.07, 6.45) is 1.71. The number of aryl methyl sites for hydroxylation is 2. The molecule has 0 unspecified atom stereocenters.